The summed E-state index contributed by atoms with van der Waals surface area (Å²) in [4.78, 5) is 19.5. The van der Waals surface area contributed by atoms with E-state index in [-0.39, 0.29) is 24.5 Å². The van der Waals surface area contributed by atoms with Crippen LogP contribution in [0.1, 0.15) is 47.9 Å². The topological polar surface area (TPSA) is 79.8 Å². The Bertz CT molecular complexity index is 1290. The molecule has 178 valence electrons. The quantitative estimate of drug-likeness (QED) is 0.398. The van der Waals surface area contributed by atoms with Gasteiger partial charge in [0.1, 0.15) is 24.5 Å². The molecular weight excluding hydrogens is 440 g/mol. The van der Waals surface area contributed by atoms with Gasteiger partial charge in [0.2, 0.25) is 0 Å². The third-order valence-electron chi connectivity index (χ3n) is 6.53. The summed E-state index contributed by atoms with van der Waals surface area (Å²) in [5, 5.41) is 10.5. The summed E-state index contributed by atoms with van der Waals surface area (Å²) in [5.41, 5.74) is 5.15. The van der Waals surface area contributed by atoms with E-state index in [1.54, 1.807) is 22.3 Å². The number of carbonyl (C=O) groups excluding carboxylic acids is 1. The van der Waals surface area contributed by atoms with Crippen molar-refractivity contribution in [2.45, 2.75) is 32.4 Å². The SMILES string of the molecule is Cc1ccc(C2=NN(C(=O)CN(C)C(C)c3ccc(-n4cncn4)cc3)C(c3ccco3)C2)cc1. The van der Waals surface area contributed by atoms with Gasteiger partial charge in [-0.15, -0.1) is 0 Å². The molecule has 2 unspecified atom stereocenters. The van der Waals surface area contributed by atoms with Crippen molar-refractivity contribution < 1.29 is 9.21 Å². The number of amides is 1. The molecule has 1 aliphatic heterocycles. The minimum absolute atomic E-state index is 0.0361. The van der Waals surface area contributed by atoms with E-state index in [2.05, 4.69) is 60.3 Å². The monoisotopic (exact) mass is 468 g/mol. The summed E-state index contributed by atoms with van der Waals surface area (Å²) >= 11 is 0. The van der Waals surface area contributed by atoms with Gasteiger partial charge in [-0.25, -0.2) is 14.7 Å². The predicted molar refractivity (Wildman–Crippen MR) is 133 cm³/mol. The van der Waals surface area contributed by atoms with Crippen molar-refractivity contribution in [3.05, 3.63) is 102 Å². The van der Waals surface area contributed by atoms with Gasteiger partial charge in [0, 0.05) is 12.5 Å². The Labute approximate surface area is 204 Å². The lowest BCUT2D eigenvalue weighted by Crippen LogP contribution is -2.37. The first-order valence-corrected chi connectivity index (χ1v) is 11.6. The molecular formula is C27H28N6O2. The zero-order chi connectivity index (χ0) is 24.4. The second kappa shape index (κ2) is 9.68. The molecule has 0 saturated carbocycles. The number of carbonyl (C=O) groups is 1. The van der Waals surface area contributed by atoms with Crippen molar-refractivity contribution >= 4 is 11.6 Å². The molecule has 1 aliphatic rings. The number of aromatic nitrogens is 3. The molecule has 4 aromatic rings. The van der Waals surface area contributed by atoms with Crippen LogP contribution >= 0.6 is 0 Å². The second-order valence-electron chi connectivity index (χ2n) is 8.91. The van der Waals surface area contributed by atoms with Gasteiger partial charge in [-0.1, -0.05) is 42.0 Å². The van der Waals surface area contributed by atoms with Gasteiger partial charge in [0.05, 0.1) is 24.2 Å². The lowest BCUT2D eigenvalue weighted by Gasteiger charge is -2.27. The van der Waals surface area contributed by atoms with Gasteiger partial charge in [0.15, 0.2) is 0 Å². The molecule has 0 bridgehead atoms. The summed E-state index contributed by atoms with van der Waals surface area (Å²) in [7, 11) is 1.95. The Hall–Kier alpha value is -4.04. The van der Waals surface area contributed by atoms with Crippen LogP contribution in [0, 0.1) is 6.92 Å². The first-order chi connectivity index (χ1) is 17.0. The van der Waals surface area contributed by atoms with Crippen LogP contribution in [0.15, 0.2) is 89.1 Å². The molecule has 8 heteroatoms. The third-order valence-corrected chi connectivity index (χ3v) is 6.53. The Morgan fingerprint density at radius 3 is 2.57 bits per heavy atom. The van der Waals surface area contributed by atoms with E-state index in [1.165, 1.54) is 11.9 Å². The van der Waals surface area contributed by atoms with E-state index in [1.807, 2.05) is 36.2 Å². The van der Waals surface area contributed by atoms with Crippen LogP contribution < -0.4 is 0 Å². The first kappa shape index (κ1) is 22.7. The molecule has 0 spiro atoms. The van der Waals surface area contributed by atoms with E-state index in [4.69, 9.17) is 9.52 Å². The maximum absolute atomic E-state index is 13.5. The summed E-state index contributed by atoms with van der Waals surface area (Å²) in [6.45, 7) is 4.38. The summed E-state index contributed by atoms with van der Waals surface area (Å²) in [6, 6.07) is 19.9. The van der Waals surface area contributed by atoms with E-state index in [9.17, 15) is 4.79 Å². The number of hydrazone groups is 1. The standard InChI is InChI=1S/C27H28N6O2/c1-19-6-8-22(9-7-19)24-15-25(26-5-4-14-35-26)33(30-24)27(34)16-31(3)20(2)21-10-12-23(13-11-21)32-18-28-17-29-32/h4-14,17-18,20,25H,15-16H2,1-3H3. The number of hydrogen-bond donors (Lipinski definition) is 0. The average molecular weight is 469 g/mol. The third kappa shape index (κ3) is 4.79. The van der Waals surface area contributed by atoms with E-state index < -0.39 is 0 Å². The highest BCUT2D eigenvalue weighted by Gasteiger charge is 2.35. The van der Waals surface area contributed by atoms with Gasteiger partial charge in [-0.05, 0) is 56.3 Å². The molecule has 1 amide bonds. The molecule has 2 atom stereocenters. The molecule has 0 radical (unpaired) electrons. The Morgan fingerprint density at radius 1 is 1.14 bits per heavy atom. The smallest absolute Gasteiger partial charge is 0.257 e. The van der Waals surface area contributed by atoms with Crippen LogP contribution in [-0.2, 0) is 4.79 Å². The number of rotatable bonds is 7. The molecule has 8 nitrogen and oxygen atoms in total. The van der Waals surface area contributed by atoms with Crippen molar-refractivity contribution in [1.82, 2.24) is 24.7 Å². The normalized spacial score (nSPS) is 16.5. The molecule has 0 aliphatic carbocycles. The Morgan fingerprint density at radius 2 is 1.91 bits per heavy atom. The van der Waals surface area contributed by atoms with Crippen molar-refractivity contribution in [2.24, 2.45) is 5.10 Å². The molecule has 0 fully saturated rings. The van der Waals surface area contributed by atoms with Crippen LogP contribution in [0.4, 0.5) is 0 Å². The van der Waals surface area contributed by atoms with E-state index in [0.29, 0.717) is 6.42 Å². The van der Waals surface area contributed by atoms with Crippen LogP contribution in [0.2, 0.25) is 0 Å². The van der Waals surface area contributed by atoms with Crippen LogP contribution in [-0.4, -0.2) is 49.9 Å². The van der Waals surface area contributed by atoms with E-state index >= 15 is 0 Å². The van der Waals surface area contributed by atoms with E-state index in [0.717, 1.165) is 28.3 Å². The largest absolute Gasteiger partial charge is 0.467 e. The van der Waals surface area contributed by atoms with Gasteiger partial charge in [-0.3, -0.25) is 9.69 Å². The number of aryl methyl sites for hydroxylation is 1. The summed E-state index contributed by atoms with van der Waals surface area (Å²) < 4.78 is 7.39. The summed E-state index contributed by atoms with van der Waals surface area (Å²) in [6.07, 6.45) is 5.43. The van der Waals surface area contributed by atoms with Crippen molar-refractivity contribution in [3.8, 4) is 5.69 Å². The molecule has 0 N–H and O–H groups in total. The summed E-state index contributed by atoms with van der Waals surface area (Å²) in [5.74, 6) is 0.672. The number of furan rings is 1. The highest BCUT2D eigenvalue weighted by atomic mass is 16.3. The van der Waals surface area contributed by atoms with Crippen molar-refractivity contribution in [1.29, 1.82) is 0 Å². The number of benzene rings is 2. The maximum Gasteiger partial charge on any atom is 0.257 e. The van der Waals surface area contributed by atoms with Crippen LogP contribution in [0.3, 0.4) is 0 Å². The van der Waals surface area contributed by atoms with Gasteiger partial charge in [0.25, 0.3) is 5.91 Å². The average Bonchev–Trinajstić information content (AvgIpc) is 3.65. The fourth-order valence-corrected chi connectivity index (χ4v) is 4.29. The second-order valence-corrected chi connectivity index (χ2v) is 8.91. The lowest BCUT2D eigenvalue weighted by molar-refractivity contribution is -0.134. The molecule has 2 aromatic carbocycles. The lowest BCUT2D eigenvalue weighted by atomic mass is 10.0. The molecule has 5 rings (SSSR count). The predicted octanol–water partition coefficient (Wildman–Crippen LogP) is 4.54. The molecule has 2 aromatic heterocycles. The van der Waals surface area contributed by atoms with Crippen LogP contribution in [0.5, 0.6) is 0 Å². The highest BCUT2D eigenvalue weighted by Crippen LogP contribution is 2.33. The number of hydrogen-bond acceptors (Lipinski definition) is 6. The molecule has 0 saturated heterocycles. The fourth-order valence-electron chi connectivity index (χ4n) is 4.29. The van der Waals surface area contributed by atoms with Crippen molar-refractivity contribution in [3.63, 3.8) is 0 Å². The van der Waals surface area contributed by atoms with Crippen molar-refractivity contribution in [2.75, 3.05) is 13.6 Å². The first-order valence-electron chi connectivity index (χ1n) is 11.6. The molecule has 3 heterocycles. The van der Waals surface area contributed by atoms with Crippen LogP contribution in [0.25, 0.3) is 5.69 Å². The zero-order valence-electron chi connectivity index (χ0n) is 20.1. The van der Waals surface area contributed by atoms with Gasteiger partial charge >= 0.3 is 0 Å². The Balaban J connectivity index is 1.32. The number of likely N-dealkylation sites (N-methyl/N-ethyl adjacent to an activating group) is 1. The van der Waals surface area contributed by atoms with Gasteiger partial charge < -0.3 is 4.42 Å². The Kier molecular flexibility index (Phi) is 6.29. The number of nitrogens with zero attached hydrogens (tertiary/aromatic N) is 6. The highest BCUT2D eigenvalue weighted by molar-refractivity contribution is 6.03. The molecule has 35 heavy (non-hydrogen) atoms. The maximum atomic E-state index is 13.5. The minimum atomic E-state index is -0.250. The van der Waals surface area contributed by atoms with Gasteiger partial charge in [-0.2, -0.15) is 10.2 Å². The minimum Gasteiger partial charge on any atom is -0.467 e. The fraction of sp³-hybridized carbons (Fsp3) is 0.259. The zero-order valence-corrected chi connectivity index (χ0v) is 20.1.